The van der Waals surface area contributed by atoms with Gasteiger partial charge in [0.2, 0.25) is 5.91 Å². The van der Waals surface area contributed by atoms with E-state index < -0.39 is 0 Å². The summed E-state index contributed by atoms with van der Waals surface area (Å²) in [6, 6.07) is 10.2. The summed E-state index contributed by atoms with van der Waals surface area (Å²) in [5, 5.41) is 4.79. The van der Waals surface area contributed by atoms with Gasteiger partial charge in [0.15, 0.2) is 10.9 Å². The fourth-order valence-corrected chi connectivity index (χ4v) is 4.58. The van der Waals surface area contributed by atoms with Crippen molar-refractivity contribution in [3.05, 3.63) is 64.2 Å². The van der Waals surface area contributed by atoms with Gasteiger partial charge in [-0.1, -0.05) is 30.3 Å². The topological polar surface area (TPSA) is 50.3 Å². The first-order valence-corrected chi connectivity index (χ1v) is 9.96. The first-order valence-electron chi connectivity index (χ1n) is 9.08. The highest BCUT2D eigenvalue weighted by Gasteiger charge is 2.18. The fraction of sp³-hybridized carbons (Fsp3) is 0.227. The first kappa shape index (κ1) is 17.6. The lowest BCUT2D eigenvalue weighted by molar-refractivity contribution is -0.116. The molecule has 136 valence electrons. The Hall–Kier alpha value is -2.79. The van der Waals surface area contributed by atoms with Gasteiger partial charge in [0, 0.05) is 24.4 Å². The summed E-state index contributed by atoms with van der Waals surface area (Å²) in [6.07, 6.45) is 5.39. The van der Waals surface area contributed by atoms with Crippen molar-refractivity contribution in [2.45, 2.75) is 26.7 Å². The molecule has 0 saturated carbocycles. The van der Waals surface area contributed by atoms with E-state index in [1.807, 2.05) is 30.5 Å². The normalized spacial score (nSPS) is 12.8. The Bertz CT molecular complexity index is 1070. The van der Waals surface area contributed by atoms with E-state index in [2.05, 4.69) is 17.1 Å². The quantitative estimate of drug-likeness (QED) is 0.480. The molecule has 3 aromatic rings. The van der Waals surface area contributed by atoms with Gasteiger partial charge in [-0.25, -0.2) is 4.98 Å². The number of hydrogen-bond donors (Lipinski definition) is 0. The van der Waals surface area contributed by atoms with Gasteiger partial charge in [-0.3, -0.25) is 14.5 Å². The van der Waals surface area contributed by atoms with Gasteiger partial charge in [0.1, 0.15) is 0 Å². The molecule has 0 saturated heterocycles. The first-order chi connectivity index (χ1) is 13.1. The highest BCUT2D eigenvalue weighted by molar-refractivity contribution is 7.14. The standard InChI is InChI=1S/C22H20N2O2S/c1-3-24(14(2)25)22-23-17(13-27-22)10-12-20(26)18-11-9-16-8-7-15-5-4-6-19(18)21(15)16/h4-6,9-13H,3,7-8H2,1-2H3/b12-10+. The van der Waals surface area contributed by atoms with Crippen LogP contribution >= 0.6 is 11.3 Å². The van der Waals surface area contributed by atoms with Crippen LogP contribution in [0.2, 0.25) is 0 Å². The van der Waals surface area contributed by atoms with Crippen molar-refractivity contribution in [3.8, 4) is 0 Å². The molecule has 0 radical (unpaired) electrons. The third-order valence-corrected chi connectivity index (χ3v) is 5.87. The zero-order chi connectivity index (χ0) is 19.0. The number of nitrogens with zero attached hydrogens (tertiary/aromatic N) is 2. The number of hydrogen-bond acceptors (Lipinski definition) is 4. The van der Waals surface area contributed by atoms with Crippen LogP contribution in [0.3, 0.4) is 0 Å². The Labute approximate surface area is 162 Å². The number of carbonyl (C=O) groups excluding carboxylic acids is 2. The van der Waals surface area contributed by atoms with E-state index >= 15 is 0 Å². The molecule has 0 aliphatic heterocycles. The van der Waals surface area contributed by atoms with Crippen molar-refractivity contribution in [2.24, 2.45) is 0 Å². The van der Waals surface area contributed by atoms with E-state index in [-0.39, 0.29) is 11.7 Å². The van der Waals surface area contributed by atoms with Crippen LogP contribution in [-0.2, 0) is 17.6 Å². The molecule has 1 aliphatic carbocycles. The summed E-state index contributed by atoms with van der Waals surface area (Å²) in [4.78, 5) is 30.5. The number of allylic oxidation sites excluding steroid dienone is 1. The van der Waals surface area contributed by atoms with E-state index in [9.17, 15) is 9.59 Å². The van der Waals surface area contributed by atoms with Gasteiger partial charge >= 0.3 is 0 Å². The summed E-state index contributed by atoms with van der Waals surface area (Å²) < 4.78 is 0. The average molecular weight is 376 g/mol. The summed E-state index contributed by atoms with van der Waals surface area (Å²) in [5.41, 5.74) is 4.07. The van der Waals surface area contributed by atoms with Gasteiger partial charge in [-0.15, -0.1) is 11.3 Å². The molecule has 1 aliphatic rings. The maximum absolute atomic E-state index is 12.8. The number of benzene rings is 2. The Morgan fingerprint density at radius 2 is 1.96 bits per heavy atom. The summed E-state index contributed by atoms with van der Waals surface area (Å²) >= 11 is 1.40. The van der Waals surface area contributed by atoms with Crippen molar-refractivity contribution < 1.29 is 9.59 Å². The van der Waals surface area contributed by atoms with E-state index in [0.29, 0.717) is 17.4 Å². The van der Waals surface area contributed by atoms with Crippen LogP contribution in [0.15, 0.2) is 41.8 Å². The molecular weight excluding hydrogens is 356 g/mol. The van der Waals surface area contributed by atoms with Crippen molar-refractivity contribution in [2.75, 3.05) is 11.4 Å². The zero-order valence-corrected chi connectivity index (χ0v) is 16.2. The maximum Gasteiger partial charge on any atom is 0.225 e. The molecule has 4 nitrogen and oxygen atoms in total. The smallest absolute Gasteiger partial charge is 0.225 e. The molecule has 0 unspecified atom stereocenters. The van der Waals surface area contributed by atoms with Gasteiger partial charge in [0.05, 0.1) is 5.69 Å². The van der Waals surface area contributed by atoms with Crippen molar-refractivity contribution >= 4 is 45.0 Å². The third kappa shape index (κ3) is 3.19. The van der Waals surface area contributed by atoms with Crippen LogP contribution in [0.25, 0.3) is 16.8 Å². The maximum atomic E-state index is 12.8. The number of aromatic nitrogens is 1. The lowest BCUT2D eigenvalue weighted by Crippen LogP contribution is -2.27. The van der Waals surface area contributed by atoms with Crippen molar-refractivity contribution in [1.82, 2.24) is 4.98 Å². The zero-order valence-electron chi connectivity index (χ0n) is 15.4. The molecule has 1 aromatic heterocycles. The number of ketones is 1. The Balaban J connectivity index is 1.61. The number of rotatable bonds is 5. The van der Waals surface area contributed by atoms with E-state index in [0.717, 1.165) is 23.8 Å². The van der Waals surface area contributed by atoms with E-state index in [1.165, 1.54) is 34.8 Å². The number of aryl methyl sites for hydroxylation is 2. The predicted molar refractivity (Wildman–Crippen MR) is 111 cm³/mol. The van der Waals surface area contributed by atoms with Gasteiger partial charge in [-0.05, 0) is 53.8 Å². The van der Waals surface area contributed by atoms with Crippen molar-refractivity contribution in [1.29, 1.82) is 0 Å². The number of carbonyl (C=O) groups is 2. The van der Waals surface area contributed by atoms with Crippen LogP contribution in [0, 0.1) is 0 Å². The minimum Gasteiger partial charge on any atom is -0.289 e. The largest absolute Gasteiger partial charge is 0.289 e. The number of thiazole rings is 1. The molecule has 2 aromatic carbocycles. The molecule has 27 heavy (non-hydrogen) atoms. The van der Waals surface area contributed by atoms with Crippen LogP contribution in [0.5, 0.6) is 0 Å². The molecule has 0 atom stereocenters. The van der Waals surface area contributed by atoms with Crippen LogP contribution in [0.1, 0.15) is 41.0 Å². The van der Waals surface area contributed by atoms with Gasteiger partial charge < -0.3 is 0 Å². The Kier molecular flexibility index (Phi) is 4.62. The van der Waals surface area contributed by atoms with Gasteiger partial charge in [0.25, 0.3) is 0 Å². The predicted octanol–water partition coefficient (Wildman–Crippen LogP) is 4.66. The minimum atomic E-state index is -0.0358. The molecular formula is C22H20N2O2S. The lowest BCUT2D eigenvalue weighted by Gasteiger charge is -2.14. The van der Waals surface area contributed by atoms with Crippen LogP contribution in [0.4, 0.5) is 5.13 Å². The molecule has 0 fully saturated rings. The van der Waals surface area contributed by atoms with E-state index in [4.69, 9.17) is 0 Å². The molecule has 0 spiro atoms. The minimum absolute atomic E-state index is 0.0286. The molecule has 1 heterocycles. The fourth-order valence-electron chi connectivity index (χ4n) is 3.68. The molecule has 5 heteroatoms. The summed E-state index contributed by atoms with van der Waals surface area (Å²) in [5.74, 6) is -0.0644. The third-order valence-electron chi connectivity index (χ3n) is 4.98. The molecule has 0 N–H and O–H groups in total. The highest BCUT2D eigenvalue weighted by Crippen LogP contribution is 2.33. The average Bonchev–Trinajstić information content (AvgIpc) is 3.29. The lowest BCUT2D eigenvalue weighted by atomic mass is 9.97. The molecule has 4 rings (SSSR count). The molecule has 0 bridgehead atoms. The second-order valence-corrected chi connectivity index (χ2v) is 7.46. The van der Waals surface area contributed by atoms with E-state index in [1.54, 1.807) is 17.1 Å². The Morgan fingerprint density at radius 1 is 1.19 bits per heavy atom. The second kappa shape index (κ2) is 7.08. The van der Waals surface area contributed by atoms with Crippen LogP contribution in [-0.4, -0.2) is 23.2 Å². The number of amides is 1. The van der Waals surface area contributed by atoms with Gasteiger partial charge in [-0.2, -0.15) is 0 Å². The Morgan fingerprint density at radius 3 is 2.70 bits per heavy atom. The number of anilines is 1. The summed E-state index contributed by atoms with van der Waals surface area (Å²) in [7, 11) is 0. The summed E-state index contributed by atoms with van der Waals surface area (Å²) in [6.45, 7) is 4.02. The SMILES string of the molecule is CCN(C(C)=O)c1nc(/C=C/C(=O)c2ccc3c4c(cccc24)CC3)cs1. The molecule has 1 amide bonds. The second-order valence-electron chi connectivity index (χ2n) is 6.63. The highest BCUT2D eigenvalue weighted by atomic mass is 32.1. The van der Waals surface area contributed by atoms with Crippen molar-refractivity contribution in [3.63, 3.8) is 0 Å². The monoisotopic (exact) mass is 376 g/mol. The van der Waals surface area contributed by atoms with Crippen LogP contribution < -0.4 is 4.90 Å².